The Hall–Kier alpha value is -2.75. The number of cyclic esters (lactones) is 1. The molecule has 1 N–H and O–H groups in total. The topological polar surface area (TPSA) is 111 Å². The maximum absolute atomic E-state index is 11.8. The lowest BCUT2D eigenvalue weighted by Crippen LogP contribution is -3.00. The summed E-state index contributed by atoms with van der Waals surface area (Å²) < 4.78 is 9.05. The first-order chi connectivity index (χ1) is 13.4. The van der Waals surface area contributed by atoms with Crippen molar-refractivity contribution in [3.63, 3.8) is 0 Å². The first-order valence-corrected chi connectivity index (χ1v) is 9.09. The van der Waals surface area contributed by atoms with E-state index in [1.807, 2.05) is 35.6 Å². The quantitative estimate of drug-likeness (QED) is 0.138. The van der Waals surface area contributed by atoms with Crippen LogP contribution in [0.1, 0.15) is 24.6 Å². The van der Waals surface area contributed by atoms with E-state index in [0.29, 0.717) is 24.4 Å². The number of nitro groups is 1. The van der Waals surface area contributed by atoms with E-state index in [1.165, 1.54) is 12.1 Å². The van der Waals surface area contributed by atoms with Gasteiger partial charge < -0.3 is 26.9 Å². The molecule has 0 aliphatic carbocycles. The third kappa shape index (κ3) is 5.00. The fourth-order valence-electron chi connectivity index (χ4n) is 3.60. The minimum atomic E-state index is -0.473. The molecule has 1 saturated heterocycles. The Kier molecular flexibility index (Phi) is 7.49. The lowest BCUT2D eigenvalue weighted by Gasteiger charge is -2.10. The number of nitrogens with zero attached hydrogens (tertiary/aromatic N) is 4. The van der Waals surface area contributed by atoms with Gasteiger partial charge in [0.2, 0.25) is 6.33 Å². The second-order valence-corrected chi connectivity index (χ2v) is 6.98. The highest BCUT2D eigenvalue weighted by molar-refractivity contribution is 5.99. The molecule has 1 aliphatic rings. The molecule has 2 unspecified atom stereocenters. The summed E-state index contributed by atoms with van der Waals surface area (Å²) in [4.78, 5) is 22.1. The maximum atomic E-state index is 11.8. The molecule has 3 rings (SSSR count). The molecule has 1 aromatic heterocycles. The number of ether oxygens (including phenoxy) is 1. The first kappa shape index (κ1) is 22.5. The lowest BCUT2D eigenvalue weighted by atomic mass is 9.89. The van der Waals surface area contributed by atoms with Crippen LogP contribution in [0, 0.1) is 22.0 Å². The summed E-state index contributed by atoms with van der Waals surface area (Å²) in [6.07, 6.45) is 5.31. The SMILES string of the molecule is CCC1C(=O)OCC1Cc1c[n+](C/C(=N/O)c2ccc([N+](=O)[O-])cc2)cn1C.[Br-]. The Morgan fingerprint density at radius 2 is 2.10 bits per heavy atom. The second-order valence-electron chi connectivity index (χ2n) is 6.98. The van der Waals surface area contributed by atoms with Crippen LogP contribution in [-0.4, -0.2) is 33.0 Å². The van der Waals surface area contributed by atoms with Gasteiger partial charge in [0, 0.05) is 30.0 Å². The summed E-state index contributed by atoms with van der Waals surface area (Å²) >= 11 is 0. The van der Waals surface area contributed by atoms with Gasteiger partial charge in [-0.2, -0.15) is 0 Å². The molecule has 0 spiro atoms. The number of oxime groups is 1. The Balaban J connectivity index is 0.00000300. The minimum absolute atomic E-state index is 0. The van der Waals surface area contributed by atoms with Crippen molar-refractivity contribution in [1.82, 2.24) is 4.57 Å². The van der Waals surface area contributed by atoms with Gasteiger partial charge in [0.15, 0.2) is 0 Å². The molecule has 1 fully saturated rings. The van der Waals surface area contributed by atoms with Crippen molar-refractivity contribution in [1.29, 1.82) is 0 Å². The monoisotopic (exact) mass is 466 g/mol. The van der Waals surface area contributed by atoms with Gasteiger partial charge in [-0.3, -0.25) is 14.9 Å². The zero-order chi connectivity index (χ0) is 20.3. The van der Waals surface area contributed by atoms with Crippen molar-refractivity contribution in [3.05, 3.63) is 58.2 Å². The number of carbonyl (C=O) groups excluding carboxylic acids is 1. The Morgan fingerprint density at radius 1 is 1.41 bits per heavy atom. The number of hydrogen-bond acceptors (Lipinski definition) is 6. The Labute approximate surface area is 178 Å². The number of aromatic nitrogens is 2. The van der Waals surface area contributed by atoms with E-state index in [-0.39, 0.29) is 40.5 Å². The molecule has 0 amide bonds. The summed E-state index contributed by atoms with van der Waals surface area (Å²) in [5.74, 6) is -0.0410. The Morgan fingerprint density at radius 3 is 2.69 bits per heavy atom. The number of imidazole rings is 1. The molecule has 0 saturated carbocycles. The molecule has 0 radical (unpaired) electrons. The van der Waals surface area contributed by atoms with Gasteiger partial charge in [-0.25, -0.2) is 9.13 Å². The van der Waals surface area contributed by atoms with Crippen molar-refractivity contribution in [2.24, 2.45) is 24.0 Å². The van der Waals surface area contributed by atoms with Crippen LogP contribution in [0.5, 0.6) is 0 Å². The molecule has 2 aromatic rings. The third-order valence-electron chi connectivity index (χ3n) is 5.18. The number of rotatable bonds is 7. The number of carbonyl (C=O) groups is 1. The van der Waals surface area contributed by atoms with Gasteiger partial charge in [-0.05, 0) is 18.6 Å². The van der Waals surface area contributed by atoms with Crippen molar-refractivity contribution in [2.45, 2.75) is 26.3 Å². The smallest absolute Gasteiger partial charge is 0.309 e. The predicted octanol–water partition coefficient (Wildman–Crippen LogP) is -1.15. The number of nitro benzene ring substituents is 1. The zero-order valence-corrected chi connectivity index (χ0v) is 17.8. The van der Waals surface area contributed by atoms with Gasteiger partial charge in [0.25, 0.3) is 5.69 Å². The molecule has 0 bridgehead atoms. The molecule has 2 atom stereocenters. The molecular formula is C19H23BrN4O5. The number of non-ortho nitro benzene ring substituents is 1. The Bertz CT molecular complexity index is 910. The highest BCUT2D eigenvalue weighted by Gasteiger charge is 2.36. The van der Waals surface area contributed by atoms with Crippen molar-refractivity contribution in [3.8, 4) is 0 Å². The zero-order valence-electron chi connectivity index (χ0n) is 16.2. The van der Waals surface area contributed by atoms with Crippen molar-refractivity contribution in [2.75, 3.05) is 6.61 Å². The average Bonchev–Trinajstić information content (AvgIpc) is 3.21. The van der Waals surface area contributed by atoms with E-state index in [4.69, 9.17) is 4.74 Å². The largest absolute Gasteiger partial charge is 1.00 e. The summed E-state index contributed by atoms with van der Waals surface area (Å²) in [5, 5.41) is 23.5. The molecule has 9 nitrogen and oxygen atoms in total. The summed E-state index contributed by atoms with van der Waals surface area (Å²) in [6, 6.07) is 5.88. The normalized spacial score (nSPS) is 19.0. The average molecular weight is 467 g/mol. The van der Waals surface area contributed by atoms with E-state index < -0.39 is 4.92 Å². The number of aryl methyl sites for hydroxylation is 1. The third-order valence-corrected chi connectivity index (χ3v) is 5.18. The highest BCUT2D eigenvalue weighted by Crippen LogP contribution is 2.28. The van der Waals surface area contributed by atoms with E-state index >= 15 is 0 Å². The minimum Gasteiger partial charge on any atom is -1.00 e. The molecule has 1 aliphatic heterocycles. The van der Waals surface area contributed by atoms with Crippen LogP contribution >= 0.6 is 0 Å². The molecular weight excluding hydrogens is 444 g/mol. The van der Waals surface area contributed by atoms with Crippen LogP contribution in [0.4, 0.5) is 5.69 Å². The molecule has 2 heterocycles. The molecule has 156 valence electrons. The fraction of sp³-hybridized carbons (Fsp3) is 0.421. The van der Waals surface area contributed by atoms with Crippen LogP contribution in [0.15, 0.2) is 41.9 Å². The standard InChI is InChI=1S/C19H22N4O5.BrH/c1-3-17-14(11-28-19(17)24)8-16-9-22(12-21(16)2)10-18(20-25)13-4-6-15(7-5-13)23(26)27;/h4-7,9,12,14,17H,3,8,10-11H2,1-2H3;1H/b20-18-;. The van der Waals surface area contributed by atoms with Crippen LogP contribution in [0.25, 0.3) is 0 Å². The summed E-state index contributed by atoms with van der Waals surface area (Å²) in [5.41, 5.74) is 2.02. The van der Waals surface area contributed by atoms with Crippen LogP contribution in [0.3, 0.4) is 0 Å². The predicted molar refractivity (Wildman–Crippen MR) is 99.0 cm³/mol. The van der Waals surface area contributed by atoms with Gasteiger partial charge >= 0.3 is 5.97 Å². The number of halogens is 1. The van der Waals surface area contributed by atoms with Crippen molar-refractivity contribution >= 4 is 17.4 Å². The first-order valence-electron chi connectivity index (χ1n) is 9.09. The van der Waals surface area contributed by atoms with E-state index in [9.17, 15) is 20.1 Å². The maximum Gasteiger partial charge on any atom is 0.309 e. The molecule has 10 heteroatoms. The highest BCUT2D eigenvalue weighted by atomic mass is 79.9. The van der Waals surface area contributed by atoms with E-state index in [2.05, 4.69) is 5.16 Å². The van der Waals surface area contributed by atoms with Gasteiger partial charge in [-0.15, -0.1) is 0 Å². The van der Waals surface area contributed by atoms with Crippen molar-refractivity contribution < 1.29 is 41.2 Å². The van der Waals surface area contributed by atoms with Crippen LogP contribution in [0.2, 0.25) is 0 Å². The molecule has 1 aromatic carbocycles. The summed E-state index contributed by atoms with van der Waals surface area (Å²) in [7, 11) is 1.92. The fourth-order valence-corrected chi connectivity index (χ4v) is 3.60. The van der Waals surface area contributed by atoms with Crippen LogP contribution in [-0.2, 0) is 29.5 Å². The van der Waals surface area contributed by atoms with Gasteiger partial charge in [0.1, 0.15) is 24.1 Å². The van der Waals surface area contributed by atoms with E-state index in [1.54, 1.807) is 12.1 Å². The lowest BCUT2D eigenvalue weighted by molar-refractivity contribution is -0.681. The number of hydrogen-bond donors (Lipinski definition) is 1. The van der Waals surface area contributed by atoms with E-state index in [0.717, 1.165) is 18.5 Å². The molecule has 29 heavy (non-hydrogen) atoms. The number of benzene rings is 1. The second kappa shape index (κ2) is 9.64. The van der Waals surface area contributed by atoms with Gasteiger partial charge in [0.05, 0.1) is 24.5 Å². The van der Waals surface area contributed by atoms with Gasteiger partial charge in [-0.1, -0.05) is 12.1 Å². The number of esters is 1. The van der Waals surface area contributed by atoms with Crippen LogP contribution < -0.4 is 21.5 Å². The summed E-state index contributed by atoms with van der Waals surface area (Å²) in [6.45, 7) is 2.73.